The van der Waals surface area contributed by atoms with Gasteiger partial charge in [-0.1, -0.05) is 24.0 Å². The van der Waals surface area contributed by atoms with Crippen molar-refractivity contribution in [2.75, 3.05) is 0 Å². The van der Waals surface area contributed by atoms with Crippen LogP contribution in [0, 0.1) is 11.8 Å². The number of hydrogen-bond acceptors (Lipinski definition) is 2. The highest BCUT2D eigenvalue weighted by atomic mass is 32.1. The Morgan fingerprint density at radius 3 is 2.64 bits per heavy atom. The lowest BCUT2D eigenvalue weighted by Crippen LogP contribution is -1.74. The molecule has 0 atom stereocenters. The summed E-state index contributed by atoms with van der Waals surface area (Å²) in [5, 5.41) is 13.4. The second-order valence-corrected chi connectivity index (χ2v) is 3.56. The summed E-state index contributed by atoms with van der Waals surface area (Å²) in [7, 11) is 0. The molecule has 14 heavy (non-hydrogen) atoms. The van der Waals surface area contributed by atoms with Crippen LogP contribution < -0.4 is 0 Å². The predicted molar refractivity (Wildman–Crippen MR) is 58.4 cm³/mol. The lowest BCUT2D eigenvalue weighted by molar-refractivity contribution is 0.473. The first kappa shape index (κ1) is 8.86. The summed E-state index contributed by atoms with van der Waals surface area (Å²) in [4.78, 5) is 0. The maximum Gasteiger partial charge on any atom is 0.131 e. The standard InChI is InChI=1S/C12H8OS/c13-12-4-2-1-3-11(12)6-5-10-7-8-14-9-10/h1-4,7-9,13H. The molecule has 0 aliphatic heterocycles. The summed E-state index contributed by atoms with van der Waals surface area (Å²) in [5.41, 5.74) is 1.65. The molecule has 0 bridgehead atoms. The van der Waals surface area contributed by atoms with Crippen LogP contribution in [0.25, 0.3) is 0 Å². The number of para-hydroxylation sites is 1. The maximum absolute atomic E-state index is 9.44. The third kappa shape index (κ3) is 1.95. The molecule has 0 saturated heterocycles. The topological polar surface area (TPSA) is 20.2 Å². The van der Waals surface area contributed by atoms with Gasteiger partial charge in [-0.3, -0.25) is 0 Å². The Morgan fingerprint density at radius 1 is 1.07 bits per heavy atom. The number of aromatic hydroxyl groups is 1. The van der Waals surface area contributed by atoms with Crippen LogP contribution in [0.2, 0.25) is 0 Å². The molecule has 0 unspecified atom stereocenters. The monoisotopic (exact) mass is 200 g/mol. The smallest absolute Gasteiger partial charge is 0.131 e. The van der Waals surface area contributed by atoms with Crippen LogP contribution in [0.15, 0.2) is 41.1 Å². The van der Waals surface area contributed by atoms with Gasteiger partial charge in [0.05, 0.1) is 5.56 Å². The van der Waals surface area contributed by atoms with Gasteiger partial charge in [0.2, 0.25) is 0 Å². The van der Waals surface area contributed by atoms with Crippen LogP contribution in [0.1, 0.15) is 11.1 Å². The molecule has 0 aliphatic rings. The molecule has 0 saturated carbocycles. The van der Waals surface area contributed by atoms with Crippen molar-refractivity contribution in [1.29, 1.82) is 0 Å². The van der Waals surface area contributed by atoms with E-state index in [0.717, 1.165) is 5.56 Å². The second-order valence-electron chi connectivity index (χ2n) is 2.78. The van der Waals surface area contributed by atoms with Gasteiger partial charge in [-0.25, -0.2) is 0 Å². The molecular weight excluding hydrogens is 192 g/mol. The van der Waals surface area contributed by atoms with Crippen molar-refractivity contribution >= 4 is 11.3 Å². The molecule has 0 radical (unpaired) electrons. The number of hydrogen-bond donors (Lipinski definition) is 1. The first-order valence-electron chi connectivity index (χ1n) is 4.18. The fraction of sp³-hybridized carbons (Fsp3) is 0. The van der Waals surface area contributed by atoms with E-state index in [1.165, 1.54) is 0 Å². The molecule has 1 aromatic carbocycles. The quantitative estimate of drug-likeness (QED) is 0.648. The molecule has 1 heterocycles. The fourth-order valence-corrected chi connectivity index (χ4v) is 1.64. The number of phenolic OH excluding ortho intramolecular Hbond substituents is 1. The third-order valence-corrected chi connectivity index (χ3v) is 2.45. The van der Waals surface area contributed by atoms with Crippen LogP contribution >= 0.6 is 11.3 Å². The Morgan fingerprint density at radius 2 is 1.93 bits per heavy atom. The van der Waals surface area contributed by atoms with Crippen LogP contribution in [-0.4, -0.2) is 5.11 Å². The summed E-state index contributed by atoms with van der Waals surface area (Å²) in [6, 6.07) is 9.03. The minimum atomic E-state index is 0.232. The van der Waals surface area contributed by atoms with Gasteiger partial charge in [-0.05, 0) is 23.6 Å². The summed E-state index contributed by atoms with van der Waals surface area (Å²) in [5.74, 6) is 6.14. The van der Waals surface area contributed by atoms with Gasteiger partial charge in [0.1, 0.15) is 5.75 Å². The SMILES string of the molecule is Oc1ccccc1C#Cc1ccsc1. The molecule has 0 amide bonds. The van der Waals surface area contributed by atoms with E-state index in [2.05, 4.69) is 11.8 Å². The van der Waals surface area contributed by atoms with Crippen molar-refractivity contribution in [3.8, 4) is 17.6 Å². The van der Waals surface area contributed by atoms with E-state index < -0.39 is 0 Å². The molecular formula is C12H8OS. The molecule has 1 N–H and O–H groups in total. The Balaban J connectivity index is 2.31. The normalized spacial score (nSPS) is 9.14. The summed E-state index contributed by atoms with van der Waals surface area (Å²) in [6.45, 7) is 0. The van der Waals surface area contributed by atoms with E-state index in [1.807, 2.05) is 22.9 Å². The van der Waals surface area contributed by atoms with E-state index in [-0.39, 0.29) is 5.75 Å². The zero-order valence-corrected chi connectivity index (χ0v) is 8.21. The summed E-state index contributed by atoms with van der Waals surface area (Å²) < 4.78 is 0. The molecule has 1 aromatic heterocycles. The van der Waals surface area contributed by atoms with E-state index in [9.17, 15) is 5.11 Å². The molecule has 68 valence electrons. The maximum atomic E-state index is 9.44. The molecule has 0 fully saturated rings. The number of rotatable bonds is 0. The van der Waals surface area contributed by atoms with Gasteiger partial charge in [-0.2, -0.15) is 11.3 Å². The first-order chi connectivity index (χ1) is 6.86. The van der Waals surface area contributed by atoms with E-state index in [1.54, 1.807) is 29.5 Å². The number of phenols is 1. The average Bonchev–Trinajstić information content (AvgIpc) is 2.69. The van der Waals surface area contributed by atoms with Crippen LogP contribution in [-0.2, 0) is 0 Å². The van der Waals surface area contributed by atoms with Gasteiger partial charge >= 0.3 is 0 Å². The zero-order chi connectivity index (χ0) is 9.80. The second kappa shape index (κ2) is 3.99. The molecule has 0 aliphatic carbocycles. The van der Waals surface area contributed by atoms with Crippen molar-refractivity contribution in [3.05, 3.63) is 52.2 Å². The first-order valence-corrected chi connectivity index (χ1v) is 5.13. The molecule has 2 aromatic rings. The molecule has 1 nitrogen and oxygen atoms in total. The van der Waals surface area contributed by atoms with Gasteiger partial charge < -0.3 is 5.11 Å². The van der Waals surface area contributed by atoms with E-state index in [4.69, 9.17) is 0 Å². The molecule has 0 spiro atoms. The van der Waals surface area contributed by atoms with Gasteiger partial charge in [-0.15, -0.1) is 0 Å². The van der Waals surface area contributed by atoms with Crippen LogP contribution in [0.5, 0.6) is 5.75 Å². The molecule has 2 rings (SSSR count). The Labute approximate surface area is 86.7 Å². The fourth-order valence-electron chi connectivity index (χ4n) is 1.05. The lowest BCUT2D eigenvalue weighted by Gasteiger charge is -1.92. The van der Waals surface area contributed by atoms with Crippen molar-refractivity contribution in [1.82, 2.24) is 0 Å². The van der Waals surface area contributed by atoms with Gasteiger partial charge in [0.25, 0.3) is 0 Å². The highest BCUT2D eigenvalue weighted by Gasteiger charge is 1.93. The number of thiophene rings is 1. The highest BCUT2D eigenvalue weighted by Crippen LogP contribution is 2.14. The van der Waals surface area contributed by atoms with Crippen molar-refractivity contribution in [2.45, 2.75) is 0 Å². The van der Waals surface area contributed by atoms with Crippen LogP contribution in [0.4, 0.5) is 0 Å². The minimum absolute atomic E-state index is 0.232. The lowest BCUT2D eigenvalue weighted by atomic mass is 10.2. The van der Waals surface area contributed by atoms with Crippen molar-refractivity contribution in [2.24, 2.45) is 0 Å². The summed E-state index contributed by atoms with van der Waals surface area (Å²) in [6.07, 6.45) is 0. The average molecular weight is 200 g/mol. The number of benzene rings is 1. The Bertz CT molecular complexity index is 475. The van der Waals surface area contributed by atoms with E-state index >= 15 is 0 Å². The Kier molecular flexibility index (Phi) is 2.53. The largest absolute Gasteiger partial charge is 0.507 e. The van der Waals surface area contributed by atoms with Crippen LogP contribution in [0.3, 0.4) is 0 Å². The van der Waals surface area contributed by atoms with E-state index in [0.29, 0.717) is 5.56 Å². The predicted octanol–water partition coefficient (Wildman–Crippen LogP) is 2.85. The van der Waals surface area contributed by atoms with Gasteiger partial charge in [0, 0.05) is 10.9 Å². The summed E-state index contributed by atoms with van der Waals surface area (Å²) >= 11 is 1.61. The molecule has 2 heteroatoms. The van der Waals surface area contributed by atoms with Gasteiger partial charge in [0.15, 0.2) is 0 Å². The van der Waals surface area contributed by atoms with Crippen molar-refractivity contribution in [3.63, 3.8) is 0 Å². The third-order valence-electron chi connectivity index (χ3n) is 1.77. The minimum Gasteiger partial charge on any atom is -0.507 e. The Hall–Kier alpha value is -1.72. The highest BCUT2D eigenvalue weighted by molar-refractivity contribution is 7.08. The van der Waals surface area contributed by atoms with Crippen molar-refractivity contribution < 1.29 is 5.11 Å². The zero-order valence-electron chi connectivity index (χ0n) is 7.40.